The van der Waals surface area contributed by atoms with Crippen molar-refractivity contribution < 1.29 is 0 Å². The highest BCUT2D eigenvalue weighted by molar-refractivity contribution is 7.99. The fourth-order valence-electron chi connectivity index (χ4n) is 1.62. The van der Waals surface area contributed by atoms with E-state index in [0.29, 0.717) is 16.9 Å². The summed E-state index contributed by atoms with van der Waals surface area (Å²) in [6.07, 6.45) is 0. The molecule has 6 heteroatoms. The third-order valence-electron chi connectivity index (χ3n) is 2.89. The number of rotatable bonds is 3. The van der Waals surface area contributed by atoms with Crippen LogP contribution in [0.15, 0.2) is 16.4 Å². The minimum absolute atomic E-state index is 0.406. The van der Waals surface area contributed by atoms with Gasteiger partial charge in [-0.15, -0.1) is 0 Å². The van der Waals surface area contributed by atoms with Gasteiger partial charge in [-0.25, -0.2) is 19.9 Å². The van der Waals surface area contributed by atoms with Crippen LogP contribution in [0.3, 0.4) is 0 Å². The first-order valence-electron chi connectivity index (χ1n) is 6.04. The van der Waals surface area contributed by atoms with Crippen molar-refractivity contribution in [2.24, 2.45) is 5.73 Å². The highest BCUT2D eigenvalue weighted by Crippen LogP contribution is 2.23. The van der Waals surface area contributed by atoms with Crippen LogP contribution in [-0.2, 0) is 6.54 Å². The van der Waals surface area contributed by atoms with Gasteiger partial charge in [0, 0.05) is 23.6 Å². The number of hydrogen-bond acceptors (Lipinski definition) is 6. The lowest BCUT2D eigenvalue weighted by atomic mass is 10.2. The second-order valence-corrected chi connectivity index (χ2v) is 5.33. The van der Waals surface area contributed by atoms with E-state index in [9.17, 15) is 0 Å². The van der Waals surface area contributed by atoms with Gasteiger partial charge in [-0.3, -0.25) is 0 Å². The lowest BCUT2D eigenvalue weighted by molar-refractivity contribution is 0.837. The predicted octanol–water partition coefficient (Wildman–Crippen LogP) is 2.11. The zero-order valence-corrected chi connectivity index (χ0v) is 12.4. The Morgan fingerprint density at radius 2 is 1.53 bits per heavy atom. The molecule has 0 aromatic carbocycles. The number of nitrogens with zero attached hydrogens (tertiary/aromatic N) is 4. The molecule has 0 bridgehead atoms. The molecule has 19 heavy (non-hydrogen) atoms. The molecule has 2 aromatic rings. The molecule has 0 saturated heterocycles. The number of nitrogens with two attached hydrogens (primary N) is 1. The molecule has 0 atom stereocenters. The average molecular weight is 275 g/mol. The van der Waals surface area contributed by atoms with Crippen LogP contribution >= 0.6 is 11.8 Å². The van der Waals surface area contributed by atoms with Gasteiger partial charge in [0.15, 0.2) is 10.3 Å². The van der Waals surface area contributed by atoms with Crippen molar-refractivity contribution in [3.8, 4) is 0 Å². The normalized spacial score (nSPS) is 10.8. The highest BCUT2D eigenvalue weighted by Gasteiger charge is 2.09. The molecule has 2 aromatic heterocycles. The molecule has 2 N–H and O–H groups in total. The van der Waals surface area contributed by atoms with Crippen LogP contribution in [0.1, 0.15) is 28.3 Å². The van der Waals surface area contributed by atoms with Crippen LogP contribution in [0.2, 0.25) is 0 Å². The Morgan fingerprint density at radius 3 is 2.11 bits per heavy atom. The summed E-state index contributed by atoms with van der Waals surface area (Å²) in [6.45, 7) is 8.32. The standard InChI is InChI=1S/C13H17N5S/c1-7-5-11(6-14)18-12(15-7)19-13-16-9(3)8(2)10(4)17-13/h5H,6,14H2,1-4H3. The number of hydrogen-bond donors (Lipinski definition) is 1. The van der Waals surface area contributed by atoms with Crippen molar-refractivity contribution in [1.82, 2.24) is 19.9 Å². The summed E-state index contributed by atoms with van der Waals surface area (Å²) in [4.78, 5) is 17.7. The summed E-state index contributed by atoms with van der Waals surface area (Å²) in [5.74, 6) is 0. The first-order valence-corrected chi connectivity index (χ1v) is 6.85. The van der Waals surface area contributed by atoms with E-state index in [4.69, 9.17) is 5.73 Å². The van der Waals surface area contributed by atoms with E-state index < -0.39 is 0 Å². The smallest absolute Gasteiger partial charge is 0.195 e. The van der Waals surface area contributed by atoms with Gasteiger partial charge >= 0.3 is 0 Å². The monoisotopic (exact) mass is 275 g/mol. The summed E-state index contributed by atoms with van der Waals surface area (Å²) < 4.78 is 0. The first kappa shape index (κ1) is 13.9. The Kier molecular flexibility index (Phi) is 4.11. The second-order valence-electron chi connectivity index (χ2n) is 4.39. The Bertz CT molecular complexity index is 589. The first-order chi connectivity index (χ1) is 8.99. The maximum Gasteiger partial charge on any atom is 0.195 e. The Balaban J connectivity index is 2.33. The van der Waals surface area contributed by atoms with E-state index in [0.717, 1.165) is 28.3 Å². The van der Waals surface area contributed by atoms with Gasteiger partial charge in [-0.1, -0.05) is 0 Å². The van der Waals surface area contributed by atoms with Gasteiger partial charge in [0.2, 0.25) is 0 Å². The van der Waals surface area contributed by atoms with Crippen molar-refractivity contribution in [3.63, 3.8) is 0 Å². The lowest BCUT2D eigenvalue weighted by Gasteiger charge is -2.07. The molecule has 5 nitrogen and oxygen atoms in total. The quantitative estimate of drug-likeness (QED) is 0.864. The molecule has 0 amide bonds. The molecule has 0 fully saturated rings. The van der Waals surface area contributed by atoms with Crippen molar-refractivity contribution >= 4 is 11.8 Å². The molecule has 100 valence electrons. The van der Waals surface area contributed by atoms with Crippen molar-refractivity contribution in [2.45, 2.75) is 44.6 Å². The third kappa shape index (κ3) is 3.27. The van der Waals surface area contributed by atoms with Gasteiger partial charge < -0.3 is 5.73 Å². The van der Waals surface area contributed by atoms with Gasteiger partial charge in [-0.2, -0.15) is 0 Å². The third-order valence-corrected chi connectivity index (χ3v) is 3.62. The molecule has 0 radical (unpaired) electrons. The van der Waals surface area contributed by atoms with Crippen molar-refractivity contribution in [1.29, 1.82) is 0 Å². The lowest BCUT2D eigenvalue weighted by Crippen LogP contribution is -2.04. The SMILES string of the molecule is Cc1cc(CN)nc(Sc2nc(C)c(C)c(C)n2)n1. The maximum atomic E-state index is 5.62. The largest absolute Gasteiger partial charge is 0.325 e. The summed E-state index contributed by atoms with van der Waals surface area (Å²) in [5, 5.41) is 1.32. The predicted molar refractivity (Wildman–Crippen MR) is 75.0 cm³/mol. The number of aryl methyl sites for hydroxylation is 3. The van der Waals surface area contributed by atoms with E-state index in [2.05, 4.69) is 19.9 Å². The molecule has 0 aliphatic heterocycles. The molecule has 0 unspecified atom stereocenters. The second kappa shape index (κ2) is 5.63. The zero-order chi connectivity index (χ0) is 14.0. The van der Waals surface area contributed by atoms with Crippen LogP contribution in [0.4, 0.5) is 0 Å². The Labute approximate surface area is 117 Å². The zero-order valence-electron chi connectivity index (χ0n) is 11.6. The minimum Gasteiger partial charge on any atom is -0.325 e. The van der Waals surface area contributed by atoms with Crippen LogP contribution < -0.4 is 5.73 Å². The van der Waals surface area contributed by atoms with E-state index in [-0.39, 0.29) is 0 Å². The van der Waals surface area contributed by atoms with Gasteiger partial charge in [0.1, 0.15) is 0 Å². The van der Waals surface area contributed by atoms with Crippen molar-refractivity contribution in [2.75, 3.05) is 0 Å². The molecule has 0 aliphatic rings. The van der Waals surface area contributed by atoms with Crippen LogP contribution in [0, 0.1) is 27.7 Å². The van der Waals surface area contributed by atoms with Gasteiger partial charge in [0.05, 0.1) is 5.69 Å². The Hall–Kier alpha value is -1.53. The van der Waals surface area contributed by atoms with Gasteiger partial charge in [0.25, 0.3) is 0 Å². The summed E-state index contributed by atoms with van der Waals surface area (Å²) in [6, 6.07) is 1.89. The van der Waals surface area contributed by atoms with Crippen molar-refractivity contribution in [3.05, 3.63) is 34.4 Å². The highest BCUT2D eigenvalue weighted by atomic mass is 32.2. The minimum atomic E-state index is 0.406. The summed E-state index contributed by atoms with van der Waals surface area (Å²) in [7, 11) is 0. The fourth-order valence-corrected chi connectivity index (χ4v) is 2.50. The molecular formula is C13H17N5S. The molecule has 2 heterocycles. The van der Waals surface area contributed by atoms with Crippen LogP contribution in [-0.4, -0.2) is 19.9 Å². The van der Waals surface area contributed by atoms with E-state index in [1.165, 1.54) is 11.8 Å². The average Bonchev–Trinajstić information content (AvgIpc) is 2.35. The van der Waals surface area contributed by atoms with Crippen LogP contribution in [0.25, 0.3) is 0 Å². The molecule has 2 rings (SSSR count). The van der Waals surface area contributed by atoms with E-state index in [1.54, 1.807) is 0 Å². The fraction of sp³-hybridized carbons (Fsp3) is 0.385. The number of aromatic nitrogens is 4. The Morgan fingerprint density at radius 1 is 0.947 bits per heavy atom. The molecule has 0 aliphatic carbocycles. The maximum absolute atomic E-state index is 5.62. The molecule has 0 saturated carbocycles. The molecular weight excluding hydrogens is 258 g/mol. The van der Waals surface area contributed by atoms with E-state index >= 15 is 0 Å². The van der Waals surface area contributed by atoms with Gasteiger partial charge in [-0.05, 0) is 51.1 Å². The molecule has 0 spiro atoms. The summed E-state index contributed by atoms with van der Waals surface area (Å²) >= 11 is 1.37. The topological polar surface area (TPSA) is 77.6 Å². The van der Waals surface area contributed by atoms with E-state index in [1.807, 2.05) is 33.8 Å². The van der Waals surface area contributed by atoms with Crippen LogP contribution in [0.5, 0.6) is 0 Å². The summed E-state index contributed by atoms with van der Waals surface area (Å²) in [5.41, 5.74) is 10.4.